The van der Waals surface area contributed by atoms with Crippen LogP contribution >= 0.6 is 11.6 Å². The van der Waals surface area contributed by atoms with Crippen molar-refractivity contribution in [1.29, 1.82) is 0 Å². The highest BCUT2D eigenvalue weighted by Gasteiger charge is 2.30. The Kier molecular flexibility index (Phi) is 5.46. The van der Waals surface area contributed by atoms with Gasteiger partial charge < -0.3 is 16.0 Å². The number of carbonyl (C=O) groups is 3. The van der Waals surface area contributed by atoms with Gasteiger partial charge in [0.15, 0.2) is 0 Å². The molecule has 27 heavy (non-hydrogen) atoms. The molecule has 0 spiro atoms. The lowest BCUT2D eigenvalue weighted by Crippen LogP contribution is -2.31. The highest BCUT2D eigenvalue weighted by atomic mass is 35.5. The highest BCUT2D eigenvalue weighted by Crippen LogP contribution is 2.33. The van der Waals surface area contributed by atoms with Gasteiger partial charge in [0.1, 0.15) is 0 Å². The van der Waals surface area contributed by atoms with Crippen LogP contribution in [-0.4, -0.2) is 23.8 Å². The van der Waals surface area contributed by atoms with Gasteiger partial charge in [0.25, 0.3) is 5.91 Å². The summed E-state index contributed by atoms with van der Waals surface area (Å²) in [6.45, 7) is 3.73. The minimum absolute atomic E-state index is 0.0107. The lowest BCUT2D eigenvalue weighted by Gasteiger charge is -2.25. The molecule has 0 bridgehead atoms. The highest BCUT2D eigenvalue weighted by molar-refractivity contribution is 6.34. The zero-order valence-corrected chi connectivity index (χ0v) is 15.8. The summed E-state index contributed by atoms with van der Waals surface area (Å²) in [6, 6.07) is 11.9. The molecule has 2 aromatic carbocycles. The third kappa shape index (κ3) is 4.28. The molecule has 2 aromatic rings. The number of amides is 3. The van der Waals surface area contributed by atoms with Crippen LogP contribution in [0.1, 0.15) is 42.1 Å². The van der Waals surface area contributed by atoms with E-state index in [1.807, 2.05) is 26.0 Å². The van der Waals surface area contributed by atoms with Gasteiger partial charge in [-0.05, 0) is 43.7 Å². The van der Waals surface area contributed by atoms with Gasteiger partial charge in [-0.15, -0.1) is 0 Å². The van der Waals surface area contributed by atoms with Crippen molar-refractivity contribution in [3.8, 4) is 0 Å². The molecule has 1 heterocycles. The second-order valence-electron chi connectivity index (χ2n) is 6.70. The maximum Gasteiger partial charge on any atom is 0.251 e. The van der Waals surface area contributed by atoms with Gasteiger partial charge in [-0.2, -0.15) is 0 Å². The zero-order valence-electron chi connectivity index (χ0n) is 15.0. The zero-order chi connectivity index (χ0) is 19.6. The van der Waals surface area contributed by atoms with Crippen molar-refractivity contribution >= 4 is 40.7 Å². The normalized spacial score (nSPS) is 15.7. The van der Waals surface area contributed by atoms with Crippen LogP contribution in [0, 0.1) is 0 Å². The average Bonchev–Trinajstić information content (AvgIpc) is 2.62. The third-order valence-electron chi connectivity index (χ3n) is 4.22. The van der Waals surface area contributed by atoms with Crippen LogP contribution in [0.2, 0.25) is 5.02 Å². The van der Waals surface area contributed by atoms with Crippen molar-refractivity contribution in [2.24, 2.45) is 0 Å². The minimum Gasteiger partial charge on any atom is -0.350 e. The predicted octanol–water partition coefficient (Wildman–Crippen LogP) is 3.54. The largest absolute Gasteiger partial charge is 0.350 e. The summed E-state index contributed by atoms with van der Waals surface area (Å²) >= 11 is 6.19. The Bertz CT molecular complexity index is 911. The van der Waals surface area contributed by atoms with Crippen LogP contribution < -0.4 is 16.0 Å². The second kappa shape index (κ2) is 7.80. The SMILES string of the molecule is CC(C)NC(=O)c1ccc(Cl)c(NC(=O)C2CC(=O)Nc3ccccc32)c1. The fraction of sp³-hybridized carbons (Fsp3) is 0.250. The first-order valence-electron chi connectivity index (χ1n) is 8.65. The molecule has 1 atom stereocenters. The summed E-state index contributed by atoms with van der Waals surface area (Å²) in [6.07, 6.45) is 0.0496. The number of carbonyl (C=O) groups excluding carboxylic acids is 3. The van der Waals surface area contributed by atoms with Crippen LogP contribution in [0.4, 0.5) is 11.4 Å². The van der Waals surface area contributed by atoms with E-state index in [0.717, 1.165) is 5.56 Å². The van der Waals surface area contributed by atoms with Crippen LogP contribution in [0.15, 0.2) is 42.5 Å². The van der Waals surface area contributed by atoms with E-state index in [2.05, 4.69) is 16.0 Å². The monoisotopic (exact) mass is 385 g/mol. The van der Waals surface area contributed by atoms with E-state index in [-0.39, 0.29) is 30.2 Å². The van der Waals surface area contributed by atoms with Crippen LogP contribution in [0.5, 0.6) is 0 Å². The summed E-state index contributed by atoms with van der Waals surface area (Å²) in [5.74, 6) is -1.44. The van der Waals surface area contributed by atoms with E-state index in [9.17, 15) is 14.4 Å². The van der Waals surface area contributed by atoms with E-state index in [0.29, 0.717) is 22.0 Å². The lowest BCUT2D eigenvalue weighted by molar-refractivity contribution is -0.123. The summed E-state index contributed by atoms with van der Waals surface area (Å²) in [5.41, 5.74) is 2.11. The number of fused-ring (bicyclic) bond motifs is 1. The Morgan fingerprint density at radius 3 is 2.67 bits per heavy atom. The van der Waals surface area contributed by atoms with Crippen LogP contribution in [-0.2, 0) is 9.59 Å². The number of rotatable bonds is 4. The number of hydrogen-bond donors (Lipinski definition) is 3. The molecule has 3 N–H and O–H groups in total. The van der Waals surface area contributed by atoms with Crippen LogP contribution in [0.25, 0.3) is 0 Å². The molecule has 0 aromatic heterocycles. The molecular formula is C20H20ClN3O3. The number of halogens is 1. The molecule has 1 unspecified atom stereocenters. The Morgan fingerprint density at radius 1 is 1.19 bits per heavy atom. The molecule has 1 aliphatic heterocycles. The molecule has 0 saturated carbocycles. The van der Waals surface area contributed by atoms with Gasteiger partial charge in [-0.25, -0.2) is 0 Å². The Labute approximate surface area is 162 Å². The Hall–Kier alpha value is -2.86. The van der Waals surface area contributed by atoms with Crippen molar-refractivity contribution in [2.45, 2.75) is 32.2 Å². The van der Waals surface area contributed by atoms with E-state index < -0.39 is 5.92 Å². The first-order chi connectivity index (χ1) is 12.8. The van der Waals surface area contributed by atoms with E-state index in [4.69, 9.17) is 11.6 Å². The first-order valence-corrected chi connectivity index (χ1v) is 9.03. The van der Waals surface area contributed by atoms with E-state index in [1.165, 1.54) is 6.07 Å². The van der Waals surface area contributed by atoms with Crippen LogP contribution in [0.3, 0.4) is 0 Å². The minimum atomic E-state index is -0.626. The van der Waals surface area contributed by atoms with Gasteiger partial charge in [0.2, 0.25) is 11.8 Å². The standard InChI is InChI=1S/C20H20ClN3O3/c1-11(2)22-19(26)12-7-8-15(21)17(9-12)24-20(27)14-10-18(25)23-16-6-4-3-5-13(14)16/h3-9,11,14H,10H2,1-2H3,(H,22,26)(H,23,25)(H,24,27). The van der Waals surface area contributed by atoms with Gasteiger partial charge in [-0.3, -0.25) is 14.4 Å². The fourth-order valence-corrected chi connectivity index (χ4v) is 3.14. The second-order valence-corrected chi connectivity index (χ2v) is 7.11. The smallest absolute Gasteiger partial charge is 0.251 e. The Morgan fingerprint density at radius 2 is 1.93 bits per heavy atom. The molecule has 0 fully saturated rings. The lowest BCUT2D eigenvalue weighted by atomic mass is 9.89. The quantitative estimate of drug-likeness (QED) is 0.752. The van der Waals surface area contributed by atoms with Crippen molar-refractivity contribution in [2.75, 3.05) is 10.6 Å². The molecule has 0 aliphatic carbocycles. The maximum atomic E-state index is 12.8. The Balaban J connectivity index is 1.84. The molecule has 1 aliphatic rings. The van der Waals surface area contributed by atoms with Crippen molar-refractivity contribution in [3.05, 3.63) is 58.6 Å². The summed E-state index contributed by atoms with van der Waals surface area (Å²) < 4.78 is 0. The molecular weight excluding hydrogens is 366 g/mol. The van der Waals surface area contributed by atoms with Gasteiger partial charge >= 0.3 is 0 Å². The average molecular weight is 386 g/mol. The fourth-order valence-electron chi connectivity index (χ4n) is 2.97. The van der Waals surface area contributed by atoms with E-state index in [1.54, 1.807) is 24.3 Å². The number of nitrogens with one attached hydrogen (secondary N) is 3. The summed E-state index contributed by atoms with van der Waals surface area (Å²) in [5, 5.41) is 8.63. The molecule has 3 amide bonds. The molecule has 3 rings (SSSR count). The first kappa shape index (κ1) is 18.9. The van der Waals surface area contributed by atoms with Crippen molar-refractivity contribution < 1.29 is 14.4 Å². The predicted molar refractivity (Wildman–Crippen MR) is 105 cm³/mol. The summed E-state index contributed by atoms with van der Waals surface area (Å²) in [7, 11) is 0. The van der Waals surface area contributed by atoms with E-state index >= 15 is 0 Å². The number of benzene rings is 2. The molecule has 6 nitrogen and oxygen atoms in total. The number of anilines is 2. The van der Waals surface area contributed by atoms with Crippen molar-refractivity contribution in [1.82, 2.24) is 5.32 Å². The maximum absolute atomic E-state index is 12.8. The van der Waals surface area contributed by atoms with Gasteiger partial charge in [0, 0.05) is 23.7 Å². The molecule has 140 valence electrons. The molecule has 7 heteroatoms. The van der Waals surface area contributed by atoms with Crippen molar-refractivity contribution in [3.63, 3.8) is 0 Å². The summed E-state index contributed by atoms with van der Waals surface area (Å²) in [4.78, 5) is 37.0. The molecule has 0 radical (unpaired) electrons. The number of para-hydroxylation sites is 1. The molecule has 0 saturated heterocycles. The third-order valence-corrected chi connectivity index (χ3v) is 4.55. The number of hydrogen-bond acceptors (Lipinski definition) is 3. The van der Waals surface area contributed by atoms with Gasteiger partial charge in [0.05, 0.1) is 16.6 Å². The topological polar surface area (TPSA) is 87.3 Å². The van der Waals surface area contributed by atoms with Gasteiger partial charge in [-0.1, -0.05) is 29.8 Å².